The van der Waals surface area contributed by atoms with Gasteiger partial charge in [-0.3, -0.25) is 9.89 Å². The Kier molecular flexibility index (Phi) is 13.7. The zero-order valence-electron chi connectivity index (χ0n) is 16.0. The van der Waals surface area contributed by atoms with Crippen LogP contribution in [0.15, 0.2) is 17.6 Å². The third kappa shape index (κ3) is 8.67. The molecule has 0 aromatic rings. The van der Waals surface area contributed by atoms with E-state index in [0.29, 0.717) is 12.1 Å². The third-order valence-electron chi connectivity index (χ3n) is 4.52. The van der Waals surface area contributed by atoms with Gasteiger partial charge in [0.25, 0.3) is 0 Å². The van der Waals surface area contributed by atoms with Crippen LogP contribution >= 0.6 is 24.0 Å². The van der Waals surface area contributed by atoms with E-state index in [-0.39, 0.29) is 24.0 Å². The second-order valence-electron chi connectivity index (χ2n) is 6.50. The number of morpholine rings is 1. The maximum atomic E-state index is 5.52. The molecule has 1 fully saturated rings. The molecule has 0 aromatic carbocycles. The minimum Gasteiger partial charge on any atom is -0.379 e. The van der Waals surface area contributed by atoms with E-state index in [1.54, 1.807) is 0 Å². The summed E-state index contributed by atoms with van der Waals surface area (Å²) in [4.78, 5) is 9.15. The zero-order chi connectivity index (χ0) is 17.1. The molecule has 6 heteroatoms. The molecule has 0 saturated carbocycles. The summed E-state index contributed by atoms with van der Waals surface area (Å²) in [7, 11) is 3.98. The van der Waals surface area contributed by atoms with E-state index >= 15 is 0 Å². The first kappa shape index (κ1) is 23.7. The highest BCUT2D eigenvalue weighted by molar-refractivity contribution is 14.0. The normalized spacial score (nSPS) is 20.2. The fourth-order valence-corrected chi connectivity index (χ4v) is 3.06. The largest absolute Gasteiger partial charge is 0.379 e. The average molecular weight is 452 g/mol. The van der Waals surface area contributed by atoms with Crippen molar-refractivity contribution in [3.8, 4) is 0 Å². The molecular formula is C18H37IN4O. The fourth-order valence-electron chi connectivity index (χ4n) is 3.06. The van der Waals surface area contributed by atoms with Gasteiger partial charge in [0.15, 0.2) is 5.96 Å². The molecule has 2 unspecified atom stereocenters. The molecule has 0 aromatic heterocycles. The number of halogens is 1. The van der Waals surface area contributed by atoms with Crippen molar-refractivity contribution in [1.82, 2.24) is 15.1 Å². The van der Waals surface area contributed by atoms with Crippen molar-refractivity contribution in [2.45, 2.75) is 51.6 Å². The smallest absolute Gasteiger partial charge is 0.193 e. The summed E-state index contributed by atoms with van der Waals surface area (Å²) in [6.45, 7) is 12.9. The number of nitrogens with zero attached hydrogens (tertiary/aromatic N) is 3. The van der Waals surface area contributed by atoms with E-state index in [1.807, 2.05) is 13.1 Å². The lowest BCUT2D eigenvalue weighted by molar-refractivity contribution is -0.0174. The summed E-state index contributed by atoms with van der Waals surface area (Å²) in [5.74, 6) is 0.987. The van der Waals surface area contributed by atoms with Crippen LogP contribution in [-0.2, 0) is 4.74 Å². The highest BCUT2D eigenvalue weighted by Gasteiger charge is 2.23. The number of rotatable bonds is 9. The molecule has 0 aliphatic carbocycles. The molecule has 0 spiro atoms. The SMILES string of the molecule is C=CCCCCCN(C)C(=NC)NCC(C)N1CCOCC1C.I. The van der Waals surface area contributed by atoms with Crippen LogP contribution in [0.25, 0.3) is 0 Å². The lowest BCUT2D eigenvalue weighted by Gasteiger charge is -2.38. The monoisotopic (exact) mass is 452 g/mol. The second-order valence-corrected chi connectivity index (χ2v) is 6.50. The van der Waals surface area contributed by atoms with Gasteiger partial charge in [-0.2, -0.15) is 0 Å². The highest BCUT2D eigenvalue weighted by atomic mass is 127. The van der Waals surface area contributed by atoms with E-state index in [1.165, 1.54) is 19.3 Å². The van der Waals surface area contributed by atoms with E-state index in [4.69, 9.17) is 4.74 Å². The number of unbranched alkanes of at least 4 members (excludes halogenated alkanes) is 3. The van der Waals surface area contributed by atoms with Crippen LogP contribution in [0.5, 0.6) is 0 Å². The maximum absolute atomic E-state index is 5.52. The summed E-state index contributed by atoms with van der Waals surface area (Å²) in [5, 5.41) is 3.52. The van der Waals surface area contributed by atoms with Gasteiger partial charge in [0.1, 0.15) is 0 Å². The van der Waals surface area contributed by atoms with Crippen molar-refractivity contribution < 1.29 is 4.74 Å². The van der Waals surface area contributed by atoms with Crippen LogP contribution in [0, 0.1) is 0 Å². The first-order chi connectivity index (χ1) is 11.1. The van der Waals surface area contributed by atoms with Gasteiger partial charge >= 0.3 is 0 Å². The second kappa shape index (κ2) is 13.9. The molecule has 24 heavy (non-hydrogen) atoms. The molecule has 0 radical (unpaired) electrons. The summed E-state index contributed by atoms with van der Waals surface area (Å²) in [5.41, 5.74) is 0. The van der Waals surface area contributed by atoms with Crippen molar-refractivity contribution in [2.24, 2.45) is 4.99 Å². The molecule has 5 nitrogen and oxygen atoms in total. The van der Waals surface area contributed by atoms with Crippen LogP contribution in [-0.4, -0.2) is 74.8 Å². The third-order valence-corrected chi connectivity index (χ3v) is 4.52. The number of aliphatic imine (C=N–C) groups is 1. The van der Waals surface area contributed by atoms with Crippen molar-refractivity contribution in [2.75, 3.05) is 46.9 Å². The number of nitrogens with one attached hydrogen (secondary N) is 1. The Hall–Kier alpha value is -0.340. The highest BCUT2D eigenvalue weighted by Crippen LogP contribution is 2.10. The summed E-state index contributed by atoms with van der Waals surface area (Å²) in [6, 6.07) is 0.969. The first-order valence-corrected chi connectivity index (χ1v) is 8.96. The van der Waals surface area contributed by atoms with Crippen molar-refractivity contribution in [3.63, 3.8) is 0 Å². The van der Waals surface area contributed by atoms with Gasteiger partial charge in [-0.15, -0.1) is 30.6 Å². The summed E-state index contributed by atoms with van der Waals surface area (Å²) < 4.78 is 5.52. The van der Waals surface area contributed by atoms with Gasteiger partial charge < -0.3 is 15.0 Å². The number of guanidine groups is 1. The van der Waals surface area contributed by atoms with Crippen molar-refractivity contribution in [3.05, 3.63) is 12.7 Å². The standard InChI is InChI=1S/C18H36N4O.HI/c1-6-7-8-9-10-11-21(5)18(19-4)20-14-16(2)22-12-13-23-15-17(22)3;/h6,16-17H,1,7-15H2,2-5H3,(H,19,20);1H. The van der Waals surface area contributed by atoms with Gasteiger partial charge in [-0.25, -0.2) is 0 Å². The number of hydrogen-bond acceptors (Lipinski definition) is 3. The Balaban J connectivity index is 0.00000529. The Labute approximate surface area is 165 Å². The van der Waals surface area contributed by atoms with E-state index < -0.39 is 0 Å². The molecule has 1 rings (SSSR count). The lowest BCUT2D eigenvalue weighted by Crippen LogP contribution is -2.53. The predicted octanol–water partition coefficient (Wildman–Crippen LogP) is 2.97. The van der Waals surface area contributed by atoms with E-state index in [2.05, 4.69) is 47.6 Å². The van der Waals surface area contributed by atoms with E-state index in [0.717, 1.165) is 45.2 Å². The Morgan fingerprint density at radius 1 is 1.46 bits per heavy atom. The Morgan fingerprint density at radius 2 is 2.21 bits per heavy atom. The molecule has 0 bridgehead atoms. The summed E-state index contributed by atoms with van der Waals surface area (Å²) >= 11 is 0. The quantitative estimate of drug-likeness (QED) is 0.192. The van der Waals surface area contributed by atoms with Crippen LogP contribution in [0.4, 0.5) is 0 Å². The Morgan fingerprint density at radius 3 is 2.83 bits per heavy atom. The topological polar surface area (TPSA) is 40.1 Å². The molecule has 0 amide bonds. The molecule has 142 valence electrons. The van der Waals surface area contributed by atoms with Crippen LogP contribution < -0.4 is 5.32 Å². The first-order valence-electron chi connectivity index (χ1n) is 8.96. The maximum Gasteiger partial charge on any atom is 0.193 e. The van der Waals surface area contributed by atoms with Gasteiger partial charge in [0.2, 0.25) is 0 Å². The van der Waals surface area contributed by atoms with E-state index in [9.17, 15) is 0 Å². The molecular weight excluding hydrogens is 415 g/mol. The van der Waals surface area contributed by atoms with Crippen LogP contribution in [0.3, 0.4) is 0 Å². The lowest BCUT2D eigenvalue weighted by atomic mass is 10.2. The van der Waals surface area contributed by atoms with Crippen molar-refractivity contribution in [1.29, 1.82) is 0 Å². The number of allylic oxidation sites excluding steroid dienone is 1. The van der Waals surface area contributed by atoms with Gasteiger partial charge in [-0.1, -0.05) is 12.5 Å². The molecule has 1 aliphatic rings. The minimum atomic E-state index is 0. The van der Waals surface area contributed by atoms with Gasteiger partial charge in [0, 0.05) is 45.8 Å². The molecule has 1 N–H and O–H groups in total. The van der Waals surface area contributed by atoms with Crippen LogP contribution in [0.1, 0.15) is 39.5 Å². The Bertz CT molecular complexity index is 365. The summed E-state index contributed by atoms with van der Waals surface area (Å²) in [6.07, 6.45) is 6.79. The molecule has 1 aliphatic heterocycles. The molecule has 2 atom stereocenters. The zero-order valence-corrected chi connectivity index (χ0v) is 18.3. The molecule has 1 saturated heterocycles. The average Bonchev–Trinajstić information content (AvgIpc) is 2.55. The fraction of sp³-hybridized carbons (Fsp3) is 0.833. The molecule has 1 heterocycles. The number of ether oxygens (including phenoxy) is 1. The van der Waals surface area contributed by atoms with Crippen LogP contribution in [0.2, 0.25) is 0 Å². The minimum absolute atomic E-state index is 0. The number of hydrogen-bond donors (Lipinski definition) is 1. The van der Waals surface area contributed by atoms with Gasteiger partial charge in [-0.05, 0) is 33.1 Å². The van der Waals surface area contributed by atoms with Crippen molar-refractivity contribution >= 4 is 29.9 Å². The van der Waals surface area contributed by atoms with Gasteiger partial charge in [0.05, 0.1) is 13.2 Å². The predicted molar refractivity (Wildman–Crippen MR) is 115 cm³/mol.